The summed E-state index contributed by atoms with van der Waals surface area (Å²) in [5.74, 6) is -0.451. The van der Waals surface area contributed by atoms with Gasteiger partial charge >= 0.3 is 5.97 Å². The smallest absolute Gasteiger partial charge is 0.330 e. The SMILES string of the molecule is Cc1ccc(S(=O)(=O)N[C@@H](C)C(=O)Oc2ccc(-c3ccccc3)[nH]2)cc1. The Morgan fingerprint density at radius 3 is 2.33 bits per heavy atom. The Labute approximate surface area is 158 Å². The molecule has 0 unspecified atom stereocenters. The molecular weight excluding hydrogens is 364 g/mol. The van der Waals surface area contributed by atoms with Crippen molar-refractivity contribution in [2.45, 2.75) is 24.8 Å². The molecule has 1 aromatic heterocycles. The summed E-state index contributed by atoms with van der Waals surface area (Å²) < 4.78 is 32.3. The number of H-pyrrole nitrogens is 1. The minimum absolute atomic E-state index is 0.0963. The van der Waals surface area contributed by atoms with Crippen molar-refractivity contribution in [3.05, 3.63) is 72.3 Å². The van der Waals surface area contributed by atoms with Gasteiger partial charge in [-0.15, -0.1) is 0 Å². The minimum atomic E-state index is -3.81. The van der Waals surface area contributed by atoms with Crippen LogP contribution in [0, 0.1) is 6.92 Å². The minimum Gasteiger partial charge on any atom is -0.408 e. The zero-order chi connectivity index (χ0) is 19.4. The average molecular weight is 384 g/mol. The molecule has 3 rings (SSSR count). The zero-order valence-electron chi connectivity index (χ0n) is 15.0. The van der Waals surface area contributed by atoms with E-state index in [0.717, 1.165) is 16.8 Å². The third-order valence-corrected chi connectivity index (χ3v) is 5.53. The van der Waals surface area contributed by atoms with Crippen LogP contribution in [0.2, 0.25) is 0 Å². The van der Waals surface area contributed by atoms with Crippen molar-refractivity contribution in [3.8, 4) is 17.1 Å². The highest BCUT2D eigenvalue weighted by Crippen LogP contribution is 2.21. The first-order valence-corrected chi connectivity index (χ1v) is 9.88. The Hall–Kier alpha value is -2.90. The molecule has 0 spiro atoms. The lowest BCUT2D eigenvalue weighted by Crippen LogP contribution is -2.40. The molecule has 0 fully saturated rings. The average Bonchev–Trinajstić information content (AvgIpc) is 3.11. The van der Waals surface area contributed by atoms with Crippen molar-refractivity contribution in [3.63, 3.8) is 0 Å². The van der Waals surface area contributed by atoms with Gasteiger partial charge < -0.3 is 9.72 Å². The van der Waals surface area contributed by atoms with Crippen LogP contribution < -0.4 is 9.46 Å². The molecule has 0 saturated heterocycles. The largest absolute Gasteiger partial charge is 0.408 e. The second-order valence-electron chi connectivity index (χ2n) is 6.18. The lowest BCUT2D eigenvalue weighted by atomic mass is 10.2. The molecule has 1 atom stereocenters. The van der Waals surface area contributed by atoms with Gasteiger partial charge in [0.25, 0.3) is 0 Å². The highest BCUT2D eigenvalue weighted by atomic mass is 32.2. The van der Waals surface area contributed by atoms with Crippen molar-refractivity contribution in [1.29, 1.82) is 0 Å². The molecule has 2 N–H and O–H groups in total. The first-order valence-electron chi connectivity index (χ1n) is 8.40. The van der Waals surface area contributed by atoms with Crippen LogP contribution in [-0.2, 0) is 14.8 Å². The first kappa shape index (κ1) is 18.9. The van der Waals surface area contributed by atoms with Crippen molar-refractivity contribution in [1.82, 2.24) is 9.71 Å². The Bertz CT molecular complexity index is 1030. The van der Waals surface area contributed by atoms with Crippen LogP contribution in [0.3, 0.4) is 0 Å². The fourth-order valence-electron chi connectivity index (χ4n) is 2.48. The maximum Gasteiger partial charge on any atom is 0.330 e. The van der Waals surface area contributed by atoms with Gasteiger partial charge in [0.05, 0.1) is 4.90 Å². The van der Waals surface area contributed by atoms with E-state index >= 15 is 0 Å². The summed E-state index contributed by atoms with van der Waals surface area (Å²) in [4.78, 5) is 15.3. The molecule has 7 heteroatoms. The highest BCUT2D eigenvalue weighted by Gasteiger charge is 2.23. The summed E-state index contributed by atoms with van der Waals surface area (Å²) in [6.07, 6.45) is 0. The maximum atomic E-state index is 12.4. The summed E-state index contributed by atoms with van der Waals surface area (Å²) in [5, 5.41) is 0. The predicted molar refractivity (Wildman–Crippen MR) is 103 cm³/mol. The number of nitrogens with one attached hydrogen (secondary N) is 2. The Balaban J connectivity index is 1.66. The number of carbonyl (C=O) groups excluding carboxylic acids is 1. The molecule has 6 nitrogen and oxygen atoms in total. The topological polar surface area (TPSA) is 88.3 Å². The van der Waals surface area contributed by atoms with Crippen molar-refractivity contribution in [2.24, 2.45) is 0 Å². The van der Waals surface area contributed by atoms with Crippen LogP contribution in [-0.4, -0.2) is 25.4 Å². The first-order chi connectivity index (χ1) is 12.8. The quantitative estimate of drug-likeness (QED) is 0.639. The number of aromatic nitrogens is 1. The van der Waals surface area contributed by atoms with Crippen LogP contribution in [0.15, 0.2) is 71.6 Å². The van der Waals surface area contributed by atoms with Gasteiger partial charge in [0.1, 0.15) is 6.04 Å². The Morgan fingerprint density at radius 1 is 1.00 bits per heavy atom. The number of esters is 1. The fourth-order valence-corrected chi connectivity index (χ4v) is 3.68. The molecular formula is C20H20N2O4S. The number of sulfonamides is 1. The number of carbonyl (C=O) groups is 1. The van der Waals surface area contributed by atoms with Gasteiger partial charge in [-0.05, 0) is 37.6 Å². The third kappa shape index (κ3) is 4.64. The van der Waals surface area contributed by atoms with Gasteiger partial charge in [0.15, 0.2) is 0 Å². The summed E-state index contributed by atoms with van der Waals surface area (Å²) >= 11 is 0. The standard InChI is InChI=1S/C20H20N2O4S/c1-14-8-10-17(11-9-14)27(24,25)22-15(2)20(23)26-19-13-12-18(21-19)16-6-4-3-5-7-16/h3-13,15,21-22H,1-2H3/t15-/m0/s1. The normalized spacial score (nSPS) is 12.5. The van der Waals surface area contributed by atoms with Crippen LogP contribution in [0.5, 0.6) is 5.88 Å². The molecule has 0 amide bonds. The van der Waals surface area contributed by atoms with Gasteiger partial charge in [-0.25, -0.2) is 13.2 Å². The van der Waals surface area contributed by atoms with E-state index in [0.29, 0.717) is 0 Å². The summed E-state index contributed by atoms with van der Waals surface area (Å²) in [5.41, 5.74) is 2.70. The molecule has 27 heavy (non-hydrogen) atoms. The number of hydrogen-bond acceptors (Lipinski definition) is 4. The lowest BCUT2D eigenvalue weighted by Gasteiger charge is -2.13. The van der Waals surface area contributed by atoms with Crippen LogP contribution in [0.1, 0.15) is 12.5 Å². The fraction of sp³-hybridized carbons (Fsp3) is 0.150. The second kappa shape index (κ2) is 7.77. The number of rotatable bonds is 6. The Morgan fingerprint density at radius 2 is 1.67 bits per heavy atom. The predicted octanol–water partition coefficient (Wildman–Crippen LogP) is 3.26. The molecule has 3 aromatic rings. The van der Waals surface area contributed by atoms with E-state index in [-0.39, 0.29) is 10.8 Å². The number of hydrogen-bond donors (Lipinski definition) is 2. The van der Waals surface area contributed by atoms with Crippen LogP contribution in [0.4, 0.5) is 0 Å². The second-order valence-corrected chi connectivity index (χ2v) is 7.89. The lowest BCUT2D eigenvalue weighted by molar-refractivity contribution is -0.136. The molecule has 1 heterocycles. The number of benzene rings is 2. The molecule has 0 saturated carbocycles. The van der Waals surface area contributed by atoms with Crippen molar-refractivity contribution < 1.29 is 17.9 Å². The van der Waals surface area contributed by atoms with Gasteiger partial charge in [0.2, 0.25) is 15.9 Å². The van der Waals surface area contributed by atoms with E-state index in [9.17, 15) is 13.2 Å². The van der Waals surface area contributed by atoms with E-state index in [1.54, 1.807) is 24.3 Å². The zero-order valence-corrected chi connectivity index (χ0v) is 15.8. The van der Waals surface area contributed by atoms with E-state index in [2.05, 4.69) is 9.71 Å². The van der Waals surface area contributed by atoms with E-state index in [1.165, 1.54) is 19.1 Å². The summed E-state index contributed by atoms with van der Waals surface area (Å²) in [6, 6.07) is 18.3. The van der Waals surface area contributed by atoms with Crippen molar-refractivity contribution >= 4 is 16.0 Å². The number of aromatic amines is 1. The molecule has 140 valence electrons. The van der Waals surface area contributed by atoms with Gasteiger partial charge in [-0.2, -0.15) is 4.72 Å². The molecule has 0 aliphatic heterocycles. The van der Waals surface area contributed by atoms with E-state index in [1.807, 2.05) is 37.3 Å². The Kier molecular flexibility index (Phi) is 5.43. The van der Waals surface area contributed by atoms with Crippen LogP contribution in [0.25, 0.3) is 11.3 Å². The van der Waals surface area contributed by atoms with Gasteiger partial charge in [-0.1, -0.05) is 48.0 Å². The van der Waals surface area contributed by atoms with E-state index < -0.39 is 22.0 Å². The maximum absolute atomic E-state index is 12.4. The molecule has 0 radical (unpaired) electrons. The molecule has 0 aliphatic carbocycles. The monoisotopic (exact) mass is 384 g/mol. The third-order valence-electron chi connectivity index (χ3n) is 3.97. The molecule has 0 bridgehead atoms. The summed E-state index contributed by atoms with van der Waals surface area (Å²) in [7, 11) is -3.81. The number of aryl methyl sites for hydroxylation is 1. The highest BCUT2D eigenvalue weighted by molar-refractivity contribution is 7.89. The van der Waals surface area contributed by atoms with Crippen molar-refractivity contribution in [2.75, 3.05) is 0 Å². The summed E-state index contributed by atoms with van der Waals surface area (Å²) in [6.45, 7) is 3.30. The van der Waals surface area contributed by atoms with Crippen LogP contribution >= 0.6 is 0 Å². The van der Waals surface area contributed by atoms with Gasteiger partial charge in [0, 0.05) is 11.8 Å². The van der Waals surface area contributed by atoms with Gasteiger partial charge in [-0.3, -0.25) is 0 Å². The number of ether oxygens (including phenoxy) is 1. The van der Waals surface area contributed by atoms with E-state index in [4.69, 9.17) is 4.74 Å². The molecule has 2 aromatic carbocycles. The molecule has 0 aliphatic rings.